The highest BCUT2D eigenvalue weighted by atomic mass is 16.3. The van der Waals surface area contributed by atoms with Crippen LogP contribution in [0, 0.1) is 5.92 Å². The molecule has 1 saturated heterocycles. The van der Waals surface area contributed by atoms with E-state index < -0.39 is 0 Å². The number of nitrogens with one attached hydrogen (secondary N) is 1. The molecule has 2 rings (SSSR count). The van der Waals surface area contributed by atoms with Gasteiger partial charge < -0.3 is 10.4 Å². The molecule has 98 valence electrons. The highest BCUT2D eigenvalue weighted by Crippen LogP contribution is 2.18. The molecule has 0 bridgehead atoms. The van der Waals surface area contributed by atoms with Crippen molar-refractivity contribution in [2.24, 2.45) is 5.92 Å². The smallest absolute Gasteiger partial charge is 0.234 e. The summed E-state index contributed by atoms with van der Waals surface area (Å²) in [4.78, 5) is 14.0. The van der Waals surface area contributed by atoms with Crippen LogP contribution in [0.5, 0.6) is 0 Å². The number of carbonyl (C=O) groups is 1. The standard InChI is InChI=1S/C13H24N2O2/c16-10-11-4-3-7-15(8-11)9-13(17)14-12-5-1-2-6-12/h11-12,16H,1-10H2,(H,14,17)/t11-/m1/s1. The Morgan fingerprint density at radius 2 is 2.00 bits per heavy atom. The first-order valence-corrected chi connectivity index (χ1v) is 6.90. The summed E-state index contributed by atoms with van der Waals surface area (Å²) in [5.74, 6) is 0.526. The van der Waals surface area contributed by atoms with E-state index in [1.165, 1.54) is 12.8 Å². The Morgan fingerprint density at radius 3 is 2.71 bits per heavy atom. The second-order valence-corrected chi connectivity index (χ2v) is 5.47. The fourth-order valence-corrected chi connectivity index (χ4v) is 2.99. The highest BCUT2D eigenvalue weighted by Gasteiger charge is 2.22. The molecule has 2 aliphatic rings. The molecule has 4 heteroatoms. The third-order valence-corrected chi connectivity index (χ3v) is 3.95. The molecule has 1 aliphatic heterocycles. The Kier molecular flexibility index (Phi) is 4.80. The number of rotatable bonds is 4. The highest BCUT2D eigenvalue weighted by molar-refractivity contribution is 5.78. The van der Waals surface area contributed by atoms with Crippen molar-refractivity contribution in [3.8, 4) is 0 Å². The van der Waals surface area contributed by atoms with Crippen LogP contribution in [0.25, 0.3) is 0 Å². The largest absolute Gasteiger partial charge is 0.396 e. The minimum atomic E-state index is 0.162. The molecule has 0 spiro atoms. The number of aliphatic hydroxyl groups is 1. The molecule has 0 radical (unpaired) electrons. The number of aliphatic hydroxyl groups excluding tert-OH is 1. The average molecular weight is 240 g/mol. The summed E-state index contributed by atoms with van der Waals surface area (Å²) >= 11 is 0. The van der Waals surface area contributed by atoms with Crippen LogP contribution in [0.4, 0.5) is 0 Å². The van der Waals surface area contributed by atoms with Crippen molar-refractivity contribution in [2.45, 2.75) is 44.6 Å². The van der Waals surface area contributed by atoms with Gasteiger partial charge in [0.25, 0.3) is 0 Å². The second-order valence-electron chi connectivity index (χ2n) is 5.47. The molecular weight excluding hydrogens is 216 g/mol. The lowest BCUT2D eigenvalue weighted by molar-refractivity contribution is -0.123. The molecule has 1 saturated carbocycles. The maximum absolute atomic E-state index is 11.8. The molecule has 0 aromatic heterocycles. The molecule has 17 heavy (non-hydrogen) atoms. The summed E-state index contributed by atoms with van der Waals surface area (Å²) in [6.45, 7) is 2.62. The molecule has 1 heterocycles. The predicted molar refractivity (Wildman–Crippen MR) is 66.6 cm³/mol. The first kappa shape index (κ1) is 12.8. The van der Waals surface area contributed by atoms with Crippen LogP contribution in [-0.2, 0) is 4.79 Å². The maximum Gasteiger partial charge on any atom is 0.234 e. The van der Waals surface area contributed by atoms with Gasteiger partial charge in [-0.3, -0.25) is 9.69 Å². The van der Waals surface area contributed by atoms with Crippen LogP contribution in [-0.4, -0.2) is 48.2 Å². The van der Waals surface area contributed by atoms with Crippen molar-refractivity contribution in [3.05, 3.63) is 0 Å². The molecule has 1 aliphatic carbocycles. The third kappa shape index (κ3) is 3.96. The zero-order valence-corrected chi connectivity index (χ0v) is 10.5. The Bertz CT molecular complexity index is 252. The quantitative estimate of drug-likeness (QED) is 0.762. The van der Waals surface area contributed by atoms with E-state index >= 15 is 0 Å². The van der Waals surface area contributed by atoms with Gasteiger partial charge in [-0.05, 0) is 38.1 Å². The fraction of sp³-hybridized carbons (Fsp3) is 0.923. The van der Waals surface area contributed by atoms with E-state index in [9.17, 15) is 4.79 Å². The van der Waals surface area contributed by atoms with Crippen LogP contribution >= 0.6 is 0 Å². The third-order valence-electron chi connectivity index (χ3n) is 3.95. The monoisotopic (exact) mass is 240 g/mol. The Hall–Kier alpha value is -0.610. The summed E-state index contributed by atoms with van der Waals surface area (Å²) in [6, 6.07) is 0.418. The molecule has 4 nitrogen and oxygen atoms in total. The molecule has 2 fully saturated rings. The summed E-state index contributed by atoms with van der Waals surface area (Å²) in [6.07, 6.45) is 6.98. The molecule has 1 amide bonds. The molecule has 0 aromatic carbocycles. The first-order chi connectivity index (χ1) is 8.28. The first-order valence-electron chi connectivity index (χ1n) is 6.90. The molecule has 0 unspecified atom stereocenters. The van der Waals surface area contributed by atoms with E-state index in [1.54, 1.807) is 0 Å². The number of hydrogen-bond donors (Lipinski definition) is 2. The molecule has 1 atom stereocenters. The van der Waals surface area contributed by atoms with Gasteiger partial charge in [0.05, 0.1) is 6.54 Å². The van der Waals surface area contributed by atoms with Crippen molar-refractivity contribution in [1.82, 2.24) is 10.2 Å². The lowest BCUT2D eigenvalue weighted by Gasteiger charge is -2.31. The van der Waals surface area contributed by atoms with Crippen molar-refractivity contribution in [2.75, 3.05) is 26.2 Å². The number of piperidine rings is 1. The Labute approximate surface area is 103 Å². The van der Waals surface area contributed by atoms with Gasteiger partial charge in [-0.2, -0.15) is 0 Å². The normalized spacial score (nSPS) is 27.2. The second kappa shape index (κ2) is 6.36. The Morgan fingerprint density at radius 1 is 1.24 bits per heavy atom. The van der Waals surface area contributed by atoms with E-state index in [4.69, 9.17) is 5.11 Å². The van der Waals surface area contributed by atoms with E-state index in [0.29, 0.717) is 18.5 Å². The van der Waals surface area contributed by atoms with Crippen LogP contribution in [0.2, 0.25) is 0 Å². The van der Waals surface area contributed by atoms with E-state index in [-0.39, 0.29) is 12.5 Å². The van der Waals surface area contributed by atoms with Gasteiger partial charge in [-0.1, -0.05) is 12.8 Å². The van der Waals surface area contributed by atoms with Crippen molar-refractivity contribution >= 4 is 5.91 Å². The lowest BCUT2D eigenvalue weighted by atomic mass is 9.99. The lowest BCUT2D eigenvalue weighted by Crippen LogP contribution is -2.45. The number of likely N-dealkylation sites (tertiary alicyclic amines) is 1. The van der Waals surface area contributed by atoms with Gasteiger partial charge >= 0.3 is 0 Å². The summed E-state index contributed by atoms with van der Waals surface area (Å²) in [7, 11) is 0. The van der Waals surface area contributed by atoms with Gasteiger partial charge in [0.1, 0.15) is 0 Å². The van der Waals surface area contributed by atoms with Gasteiger partial charge in [-0.25, -0.2) is 0 Å². The van der Waals surface area contributed by atoms with Crippen LogP contribution in [0.1, 0.15) is 38.5 Å². The van der Waals surface area contributed by atoms with Gasteiger partial charge in [0, 0.05) is 19.2 Å². The van der Waals surface area contributed by atoms with Crippen molar-refractivity contribution in [3.63, 3.8) is 0 Å². The van der Waals surface area contributed by atoms with Crippen LogP contribution in [0.15, 0.2) is 0 Å². The fourth-order valence-electron chi connectivity index (χ4n) is 2.99. The average Bonchev–Trinajstić information content (AvgIpc) is 2.82. The topological polar surface area (TPSA) is 52.6 Å². The zero-order valence-electron chi connectivity index (χ0n) is 10.5. The summed E-state index contributed by atoms with van der Waals surface area (Å²) in [5.41, 5.74) is 0. The van der Waals surface area contributed by atoms with E-state index in [2.05, 4.69) is 10.2 Å². The van der Waals surface area contributed by atoms with Crippen molar-refractivity contribution < 1.29 is 9.90 Å². The number of amides is 1. The maximum atomic E-state index is 11.8. The molecule has 2 N–H and O–H groups in total. The molecular formula is C13H24N2O2. The number of hydrogen-bond acceptors (Lipinski definition) is 3. The summed E-state index contributed by atoms with van der Waals surface area (Å²) in [5, 5.41) is 12.3. The molecule has 0 aromatic rings. The van der Waals surface area contributed by atoms with Crippen molar-refractivity contribution in [1.29, 1.82) is 0 Å². The SMILES string of the molecule is O=C(CN1CCC[C@@H](CO)C1)NC1CCCC1. The number of nitrogens with zero attached hydrogens (tertiary/aromatic N) is 1. The van der Waals surface area contributed by atoms with Crippen LogP contribution in [0.3, 0.4) is 0 Å². The zero-order chi connectivity index (χ0) is 12.1. The summed E-state index contributed by atoms with van der Waals surface area (Å²) < 4.78 is 0. The number of carbonyl (C=O) groups excluding carboxylic acids is 1. The van der Waals surface area contributed by atoms with Gasteiger partial charge in [-0.15, -0.1) is 0 Å². The minimum absolute atomic E-state index is 0.162. The van der Waals surface area contributed by atoms with Crippen LogP contribution < -0.4 is 5.32 Å². The van der Waals surface area contributed by atoms with Gasteiger partial charge in [0.15, 0.2) is 0 Å². The minimum Gasteiger partial charge on any atom is -0.396 e. The van der Waals surface area contributed by atoms with E-state index in [1.807, 2.05) is 0 Å². The van der Waals surface area contributed by atoms with Gasteiger partial charge in [0.2, 0.25) is 5.91 Å². The van der Waals surface area contributed by atoms with E-state index in [0.717, 1.165) is 38.8 Å². The predicted octanol–water partition coefficient (Wildman–Crippen LogP) is 0.749. The Balaban J connectivity index is 1.70.